The van der Waals surface area contributed by atoms with Crippen molar-refractivity contribution in [1.29, 1.82) is 0 Å². The first-order chi connectivity index (χ1) is 8.63. The lowest BCUT2D eigenvalue weighted by atomic mass is 10.1. The van der Waals surface area contributed by atoms with Gasteiger partial charge in [0.15, 0.2) is 0 Å². The van der Waals surface area contributed by atoms with Crippen molar-refractivity contribution in [2.75, 3.05) is 7.11 Å². The van der Waals surface area contributed by atoms with Crippen LogP contribution in [0.1, 0.15) is 23.1 Å². The van der Waals surface area contributed by atoms with Gasteiger partial charge < -0.3 is 14.3 Å². The van der Waals surface area contributed by atoms with E-state index in [1.807, 2.05) is 18.4 Å². The topological polar surface area (TPSA) is 72.8 Å². The average molecular weight is 248 g/mol. The number of aromatic nitrogens is 4. The van der Waals surface area contributed by atoms with Gasteiger partial charge in [-0.3, -0.25) is 0 Å². The summed E-state index contributed by atoms with van der Waals surface area (Å²) in [5.41, 5.74) is 2.76. The molecule has 0 aliphatic rings. The highest BCUT2D eigenvalue weighted by Gasteiger charge is 2.24. The van der Waals surface area contributed by atoms with E-state index in [0.717, 1.165) is 17.1 Å². The summed E-state index contributed by atoms with van der Waals surface area (Å²) in [6, 6.07) is -0.420. The van der Waals surface area contributed by atoms with Gasteiger partial charge in [0.05, 0.1) is 25.5 Å². The van der Waals surface area contributed by atoms with Gasteiger partial charge in [-0.25, -0.2) is 14.8 Å². The van der Waals surface area contributed by atoms with E-state index in [2.05, 4.69) is 15.0 Å². The van der Waals surface area contributed by atoms with E-state index in [0.29, 0.717) is 6.42 Å². The Kier molecular flexibility index (Phi) is 3.45. The third kappa shape index (κ3) is 2.27. The molecular weight excluding hydrogens is 232 g/mol. The molecule has 2 aromatic rings. The van der Waals surface area contributed by atoms with Crippen molar-refractivity contribution in [2.24, 2.45) is 0 Å². The molecular formula is C12H16N4O2. The Morgan fingerprint density at radius 3 is 2.83 bits per heavy atom. The van der Waals surface area contributed by atoms with Gasteiger partial charge in [-0.15, -0.1) is 0 Å². The summed E-state index contributed by atoms with van der Waals surface area (Å²) in [7, 11) is 1.39. The number of imidazole rings is 2. The summed E-state index contributed by atoms with van der Waals surface area (Å²) in [6.45, 7) is 3.85. The Bertz CT molecular complexity index is 530. The van der Waals surface area contributed by atoms with Gasteiger partial charge in [0.2, 0.25) is 0 Å². The molecule has 0 saturated heterocycles. The summed E-state index contributed by atoms with van der Waals surface area (Å²) in [6.07, 6.45) is 5.47. The second-order valence-corrected chi connectivity index (χ2v) is 4.14. The third-order valence-electron chi connectivity index (χ3n) is 3.06. The van der Waals surface area contributed by atoms with Crippen molar-refractivity contribution in [3.8, 4) is 0 Å². The van der Waals surface area contributed by atoms with Crippen LogP contribution < -0.4 is 0 Å². The molecule has 0 spiro atoms. The number of rotatable bonds is 4. The molecule has 1 N–H and O–H groups in total. The van der Waals surface area contributed by atoms with E-state index >= 15 is 0 Å². The third-order valence-corrected chi connectivity index (χ3v) is 3.06. The van der Waals surface area contributed by atoms with E-state index in [1.54, 1.807) is 18.9 Å². The predicted octanol–water partition coefficient (Wildman–Crippen LogP) is 1.18. The maximum Gasteiger partial charge on any atom is 0.329 e. The van der Waals surface area contributed by atoms with Gasteiger partial charge in [0.25, 0.3) is 0 Å². The van der Waals surface area contributed by atoms with Crippen molar-refractivity contribution in [3.05, 3.63) is 35.9 Å². The van der Waals surface area contributed by atoms with Crippen LogP contribution in [0.25, 0.3) is 0 Å². The van der Waals surface area contributed by atoms with Gasteiger partial charge >= 0.3 is 5.97 Å². The smallest absolute Gasteiger partial charge is 0.329 e. The molecule has 0 saturated carbocycles. The highest BCUT2D eigenvalue weighted by atomic mass is 16.5. The Hall–Kier alpha value is -2.11. The number of ether oxygens (including phenoxy) is 1. The Balaban J connectivity index is 2.31. The summed E-state index contributed by atoms with van der Waals surface area (Å²) >= 11 is 0. The molecule has 0 fully saturated rings. The van der Waals surface area contributed by atoms with Crippen molar-refractivity contribution in [1.82, 2.24) is 19.5 Å². The average Bonchev–Trinajstić information content (AvgIpc) is 2.98. The molecule has 96 valence electrons. The summed E-state index contributed by atoms with van der Waals surface area (Å²) in [5, 5.41) is 0. The van der Waals surface area contributed by atoms with Crippen LogP contribution in [0.2, 0.25) is 0 Å². The number of esters is 1. The monoisotopic (exact) mass is 248 g/mol. The number of H-pyrrole nitrogens is 1. The SMILES string of the molecule is COC(=O)[C@H](Cc1cnc[nH]1)n1cnc(C)c1C. The highest BCUT2D eigenvalue weighted by molar-refractivity contribution is 5.74. The molecule has 0 aliphatic heterocycles. The number of carbonyl (C=O) groups is 1. The zero-order valence-corrected chi connectivity index (χ0v) is 10.7. The molecule has 0 radical (unpaired) electrons. The minimum atomic E-state index is -0.420. The number of carbonyl (C=O) groups excluding carboxylic acids is 1. The molecule has 1 atom stereocenters. The van der Waals surface area contributed by atoms with Crippen LogP contribution in [0.15, 0.2) is 18.9 Å². The lowest BCUT2D eigenvalue weighted by Gasteiger charge is -2.17. The molecule has 6 heteroatoms. The maximum absolute atomic E-state index is 11.9. The van der Waals surface area contributed by atoms with E-state index in [4.69, 9.17) is 4.74 Å². The number of nitrogens with one attached hydrogen (secondary N) is 1. The minimum absolute atomic E-state index is 0.287. The molecule has 0 aliphatic carbocycles. The van der Waals surface area contributed by atoms with Crippen LogP contribution in [0.4, 0.5) is 0 Å². The van der Waals surface area contributed by atoms with Gasteiger partial charge in [-0.2, -0.15) is 0 Å². The zero-order valence-electron chi connectivity index (χ0n) is 10.7. The van der Waals surface area contributed by atoms with Crippen molar-refractivity contribution in [2.45, 2.75) is 26.3 Å². The maximum atomic E-state index is 11.9. The second-order valence-electron chi connectivity index (χ2n) is 4.14. The van der Waals surface area contributed by atoms with Gasteiger partial charge in [0, 0.05) is 24.0 Å². The largest absolute Gasteiger partial charge is 0.467 e. The fourth-order valence-electron chi connectivity index (χ4n) is 1.87. The van der Waals surface area contributed by atoms with Crippen LogP contribution in [0.3, 0.4) is 0 Å². The Morgan fingerprint density at radius 2 is 2.33 bits per heavy atom. The standard InChI is InChI=1S/C12H16N4O2/c1-8-9(2)16(7-15-8)11(12(17)18-3)4-10-5-13-6-14-10/h5-7,11H,4H2,1-3H3,(H,13,14)/t11-/m0/s1. The molecule has 2 aromatic heterocycles. The summed E-state index contributed by atoms with van der Waals surface area (Å²) < 4.78 is 6.69. The minimum Gasteiger partial charge on any atom is -0.467 e. The first-order valence-electron chi connectivity index (χ1n) is 5.68. The zero-order chi connectivity index (χ0) is 13.1. The van der Waals surface area contributed by atoms with Crippen LogP contribution in [0.5, 0.6) is 0 Å². The molecule has 0 aromatic carbocycles. The van der Waals surface area contributed by atoms with E-state index in [9.17, 15) is 4.79 Å². The Labute approximate surface area is 105 Å². The first kappa shape index (κ1) is 12.3. The van der Waals surface area contributed by atoms with Crippen molar-refractivity contribution in [3.63, 3.8) is 0 Å². The fraction of sp³-hybridized carbons (Fsp3) is 0.417. The highest BCUT2D eigenvalue weighted by Crippen LogP contribution is 2.18. The van der Waals surface area contributed by atoms with Gasteiger partial charge in [-0.05, 0) is 13.8 Å². The van der Waals surface area contributed by atoms with E-state index in [1.165, 1.54) is 7.11 Å². The van der Waals surface area contributed by atoms with Gasteiger partial charge in [-0.1, -0.05) is 0 Å². The molecule has 0 bridgehead atoms. The summed E-state index contributed by atoms with van der Waals surface area (Å²) in [4.78, 5) is 23.0. The number of hydrogen-bond acceptors (Lipinski definition) is 4. The van der Waals surface area contributed by atoms with Crippen molar-refractivity contribution < 1.29 is 9.53 Å². The van der Waals surface area contributed by atoms with Crippen molar-refractivity contribution >= 4 is 5.97 Å². The van der Waals surface area contributed by atoms with E-state index in [-0.39, 0.29) is 5.97 Å². The van der Waals surface area contributed by atoms with Gasteiger partial charge in [0.1, 0.15) is 6.04 Å². The number of methoxy groups -OCH3 is 1. The Morgan fingerprint density at radius 1 is 1.56 bits per heavy atom. The normalized spacial score (nSPS) is 12.4. The lowest BCUT2D eigenvalue weighted by Crippen LogP contribution is -2.23. The number of nitrogens with zero attached hydrogens (tertiary/aromatic N) is 3. The molecule has 0 unspecified atom stereocenters. The molecule has 18 heavy (non-hydrogen) atoms. The number of hydrogen-bond donors (Lipinski definition) is 1. The number of aromatic amines is 1. The molecule has 6 nitrogen and oxygen atoms in total. The fourth-order valence-corrected chi connectivity index (χ4v) is 1.87. The van der Waals surface area contributed by atoms with Crippen LogP contribution in [-0.4, -0.2) is 32.6 Å². The van der Waals surface area contributed by atoms with Crippen LogP contribution in [0, 0.1) is 13.8 Å². The van der Waals surface area contributed by atoms with Crippen LogP contribution in [-0.2, 0) is 16.0 Å². The second kappa shape index (κ2) is 5.03. The summed E-state index contributed by atoms with van der Waals surface area (Å²) in [5.74, 6) is -0.287. The molecule has 2 rings (SSSR count). The number of aryl methyl sites for hydroxylation is 1. The van der Waals surface area contributed by atoms with Crippen LogP contribution >= 0.6 is 0 Å². The molecule has 0 amide bonds. The first-order valence-corrected chi connectivity index (χ1v) is 5.68. The quantitative estimate of drug-likeness (QED) is 0.825. The lowest BCUT2D eigenvalue weighted by molar-refractivity contribution is -0.144. The predicted molar refractivity (Wildman–Crippen MR) is 65.0 cm³/mol. The molecule has 2 heterocycles. The van der Waals surface area contributed by atoms with E-state index < -0.39 is 6.04 Å².